The fourth-order valence-electron chi connectivity index (χ4n) is 12.6. The van der Waals surface area contributed by atoms with Gasteiger partial charge in [-0.3, -0.25) is 0 Å². The zero-order valence-electron chi connectivity index (χ0n) is 31.0. The van der Waals surface area contributed by atoms with Crippen LogP contribution in [-0.2, 0) is 28.4 Å². The molecule has 0 amide bonds. The number of aliphatic hydroxyl groups excluding tert-OH is 6. The highest BCUT2D eigenvalue weighted by Crippen LogP contribution is 2.71. The third kappa shape index (κ3) is 5.67. The zero-order valence-corrected chi connectivity index (χ0v) is 31.0. The summed E-state index contributed by atoms with van der Waals surface area (Å²) in [5.41, 5.74) is 0.868. The summed E-state index contributed by atoms with van der Waals surface area (Å²) in [6.07, 6.45) is -3.33. The molecule has 12 heteroatoms. The van der Waals surface area contributed by atoms with Gasteiger partial charge in [-0.25, -0.2) is 0 Å². The number of fused-ring (bicyclic) bond motifs is 7. The predicted molar refractivity (Wildman–Crippen MR) is 182 cm³/mol. The van der Waals surface area contributed by atoms with Gasteiger partial charge in [0.1, 0.15) is 36.6 Å². The molecule has 4 saturated heterocycles. The van der Waals surface area contributed by atoms with Gasteiger partial charge >= 0.3 is 0 Å². The summed E-state index contributed by atoms with van der Waals surface area (Å²) in [6.45, 7) is 13.4. The van der Waals surface area contributed by atoms with Crippen molar-refractivity contribution in [1.82, 2.24) is 0 Å². The Labute approximate surface area is 301 Å². The second-order valence-corrected chi connectivity index (χ2v) is 18.3. The molecule has 0 unspecified atom stereocenters. The standard InChI is InChI=1S/C39H62O12/c1-17-9-12-39(46-16-17)18(2)28-26(51-39)15-25-23-8-7-21-13-22(49-35-33(44)31(42)29(40)19(3)47-35)14-27(38(21,6)24(23)10-11-37(25,28)5)50-36-34(45)32(43)30(41)20(4)48-36/h7,17-20,22-36,40-45H,8-16H2,1-6H3/t17-,18-,19+,20-,22+,23+,24-,25-,26-,27+,28-,29-,30-,31-,32+,33+,34+,35-,36-,37-,38-,39+/m0/s1. The van der Waals surface area contributed by atoms with Gasteiger partial charge in [-0.15, -0.1) is 0 Å². The maximum absolute atomic E-state index is 11.1. The smallest absolute Gasteiger partial charge is 0.186 e. The van der Waals surface area contributed by atoms with Crippen molar-refractivity contribution < 1.29 is 59.1 Å². The fraction of sp³-hybridized carbons (Fsp3) is 0.949. The minimum absolute atomic E-state index is 0.119. The molecule has 0 aromatic heterocycles. The summed E-state index contributed by atoms with van der Waals surface area (Å²) in [7, 11) is 0. The Hall–Kier alpha value is -0.740. The van der Waals surface area contributed by atoms with Crippen molar-refractivity contribution in [2.24, 2.45) is 46.3 Å². The fourth-order valence-corrected chi connectivity index (χ4v) is 12.6. The molecule has 4 heterocycles. The highest BCUT2D eigenvalue weighted by molar-refractivity contribution is 5.29. The molecule has 22 atom stereocenters. The Bertz CT molecular complexity index is 1320. The van der Waals surface area contributed by atoms with Gasteiger partial charge in [-0.05, 0) is 87.4 Å². The lowest BCUT2D eigenvalue weighted by atomic mass is 9.46. The van der Waals surface area contributed by atoms with Crippen LogP contribution in [0.25, 0.3) is 0 Å². The maximum atomic E-state index is 11.1. The van der Waals surface area contributed by atoms with Crippen LogP contribution in [0.1, 0.15) is 92.9 Å². The molecule has 4 aliphatic heterocycles. The first-order chi connectivity index (χ1) is 24.1. The first kappa shape index (κ1) is 37.2. The van der Waals surface area contributed by atoms with Crippen molar-refractivity contribution >= 4 is 0 Å². The van der Waals surface area contributed by atoms with Gasteiger partial charge in [0.15, 0.2) is 18.4 Å². The SMILES string of the molecule is C[C@H]1CC[C@@]2(OC1)O[C@H]1C[C@H]3[C@@H]4CC=C5C[C@@H](O[C@@H]6O[C@H](C)[C@H](O)[C@H](O)[C@H]6O)C[C@@H](O[C@@H]6O[C@@H](C)[C@H](O)[C@@H](O)[C@H]6O)[C@]5(C)[C@H]4CC[C@]3(C)[C@H]1[C@@H]2C. The first-order valence-electron chi connectivity index (χ1n) is 19.8. The van der Waals surface area contributed by atoms with E-state index in [1.54, 1.807) is 13.8 Å². The quantitative estimate of drug-likeness (QED) is 0.234. The van der Waals surface area contributed by atoms with Crippen molar-refractivity contribution in [2.45, 2.75) is 178 Å². The summed E-state index contributed by atoms with van der Waals surface area (Å²) in [6, 6.07) is 0. The molecule has 4 aliphatic carbocycles. The third-order valence-electron chi connectivity index (χ3n) is 15.6. The van der Waals surface area contributed by atoms with E-state index in [-0.39, 0.29) is 17.4 Å². The highest BCUT2D eigenvalue weighted by Gasteiger charge is 2.69. The van der Waals surface area contributed by atoms with Gasteiger partial charge in [-0.1, -0.05) is 39.3 Å². The largest absolute Gasteiger partial charge is 0.388 e. The Balaban J connectivity index is 1.08. The minimum Gasteiger partial charge on any atom is -0.388 e. The lowest BCUT2D eigenvalue weighted by Gasteiger charge is -2.61. The molecule has 7 fully saturated rings. The van der Waals surface area contributed by atoms with E-state index in [1.807, 2.05) is 0 Å². The molecule has 51 heavy (non-hydrogen) atoms. The van der Waals surface area contributed by atoms with Crippen LogP contribution >= 0.6 is 0 Å². The van der Waals surface area contributed by atoms with Crippen LogP contribution in [0.5, 0.6) is 0 Å². The number of hydrogen-bond donors (Lipinski definition) is 6. The minimum atomic E-state index is -1.45. The molecule has 6 N–H and O–H groups in total. The van der Waals surface area contributed by atoms with Gasteiger partial charge in [0.25, 0.3) is 0 Å². The summed E-state index contributed by atoms with van der Waals surface area (Å²) in [5, 5.41) is 63.8. The Morgan fingerprint density at radius 1 is 0.745 bits per heavy atom. The molecule has 1 spiro atoms. The molecule has 8 rings (SSSR count). The zero-order chi connectivity index (χ0) is 36.4. The maximum Gasteiger partial charge on any atom is 0.186 e. The van der Waals surface area contributed by atoms with Gasteiger partial charge in [0, 0.05) is 24.2 Å². The van der Waals surface area contributed by atoms with E-state index in [4.69, 9.17) is 28.4 Å². The van der Waals surface area contributed by atoms with Gasteiger partial charge in [0.2, 0.25) is 0 Å². The number of hydrogen-bond acceptors (Lipinski definition) is 12. The molecule has 0 radical (unpaired) electrons. The Morgan fingerprint density at radius 2 is 1.39 bits per heavy atom. The van der Waals surface area contributed by atoms with Crippen LogP contribution in [0.15, 0.2) is 11.6 Å². The molecule has 290 valence electrons. The van der Waals surface area contributed by atoms with E-state index in [2.05, 4.69) is 33.8 Å². The highest BCUT2D eigenvalue weighted by atomic mass is 16.7. The lowest BCUT2D eigenvalue weighted by Crippen LogP contribution is -2.62. The van der Waals surface area contributed by atoms with Crippen molar-refractivity contribution in [3.63, 3.8) is 0 Å². The van der Waals surface area contributed by atoms with E-state index in [0.29, 0.717) is 42.4 Å². The second kappa shape index (κ2) is 13.2. The molecule has 0 aromatic carbocycles. The summed E-state index contributed by atoms with van der Waals surface area (Å²) in [4.78, 5) is 0. The Kier molecular flexibility index (Phi) is 9.62. The molecule has 8 aliphatic rings. The predicted octanol–water partition coefficient (Wildman–Crippen LogP) is 2.39. The van der Waals surface area contributed by atoms with Gasteiger partial charge < -0.3 is 59.1 Å². The summed E-state index contributed by atoms with van der Waals surface area (Å²) >= 11 is 0. The molecule has 12 nitrogen and oxygen atoms in total. The Morgan fingerprint density at radius 3 is 2.02 bits per heavy atom. The molecule has 0 aromatic rings. The van der Waals surface area contributed by atoms with E-state index < -0.39 is 84.8 Å². The first-order valence-corrected chi connectivity index (χ1v) is 19.8. The molecular weight excluding hydrogens is 660 g/mol. The number of aliphatic hydroxyl groups is 6. The number of allylic oxidation sites excluding steroid dienone is 1. The van der Waals surface area contributed by atoms with E-state index in [1.165, 1.54) is 5.57 Å². The monoisotopic (exact) mass is 722 g/mol. The van der Waals surface area contributed by atoms with Crippen LogP contribution in [0.3, 0.4) is 0 Å². The number of ether oxygens (including phenoxy) is 6. The van der Waals surface area contributed by atoms with Crippen LogP contribution in [0, 0.1) is 46.3 Å². The summed E-state index contributed by atoms with van der Waals surface area (Å²) in [5.74, 6) is 1.99. The van der Waals surface area contributed by atoms with Crippen molar-refractivity contribution in [3.05, 3.63) is 11.6 Å². The number of rotatable bonds is 4. The van der Waals surface area contributed by atoms with Crippen LogP contribution in [-0.4, -0.2) is 123 Å². The topological polar surface area (TPSA) is 177 Å². The van der Waals surface area contributed by atoms with Gasteiger partial charge in [0.05, 0.1) is 37.1 Å². The normalized spacial score (nSPS) is 59.8. The average molecular weight is 723 g/mol. The third-order valence-corrected chi connectivity index (χ3v) is 15.6. The van der Waals surface area contributed by atoms with Crippen LogP contribution in [0.4, 0.5) is 0 Å². The van der Waals surface area contributed by atoms with E-state index in [9.17, 15) is 30.6 Å². The average Bonchev–Trinajstić information content (AvgIpc) is 3.55. The van der Waals surface area contributed by atoms with E-state index >= 15 is 0 Å². The second-order valence-electron chi connectivity index (χ2n) is 18.3. The van der Waals surface area contributed by atoms with Crippen LogP contribution < -0.4 is 0 Å². The van der Waals surface area contributed by atoms with E-state index in [0.717, 1.165) is 45.1 Å². The lowest BCUT2D eigenvalue weighted by molar-refractivity contribution is -0.329. The molecule has 0 bridgehead atoms. The molecule has 3 saturated carbocycles. The van der Waals surface area contributed by atoms with Crippen molar-refractivity contribution in [1.29, 1.82) is 0 Å². The molecular formula is C39H62O12. The van der Waals surface area contributed by atoms with Crippen LogP contribution in [0.2, 0.25) is 0 Å². The summed E-state index contributed by atoms with van der Waals surface area (Å²) < 4.78 is 38.5. The van der Waals surface area contributed by atoms with Crippen molar-refractivity contribution in [3.8, 4) is 0 Å². The van der Waals surface area contributed by atoms with Gasteiger partial charge in [-0.2, -0.15) is 0 Å². The van der Waals surface area contributed by atoms with Crippen molar-refractivity contribution in [2.75, 3.05) is 6.61 Å².